The molecule has 2 rings (SSSR count). The van der Waals surface area contributed by atoms with Crippen molar-refractivity contribution in [3.8, 4) is 0 Å². The number of hydrogen-bond acceptors (Lipinski definition) is 3. The van der Waals surface area contributed by atoms with Gasteiger partial charge >= 0.3 is 6.18 Å². The van der Waals surface area contributed by atoms with Gasteiger partial charge in [0.25, 0.3) is 0 Å². The molecule has 0 atom stereocenters. The predicted octanol–water partition coefficient (Wildman–Crippen LogP) is 3.52. The largest absolute Gasteiger partial charge is 0.416 e. The Balaban J connectivity index is 1.92. The fraction of sp³-hybridized carbons (Fsp3) is 0.375. The maximum absolute atomic E-state index is 13.1. The second-order valence-corrected chi connectivity index (χ2v) is 6.59. The molecule has 0 spiro atoms. The number of thiazole rings is 1. The first-order chi connectivity index (χ1) is 11.8. The number of aryl methyl sites for hydroxylation is 1. The molecule has 0 bridgehead atoms. The summed E-state index contributed by atoms with van der Waals surface area (Å²) in [6.45, 7) is 2.39. The number of guanidine groups is 1. The van der Waals surface area contributed by atoms with Crippen molar-refractivity contribution in [2.45, 2.75) is 26.1 Å². The Kier molecular flexibility index (Phi) is 6.35. The van der Waals surface area contributed by atoms with E-state index in [2.05, 4.69) is 20.6 Å². The highest BCUT2D eigenvalue weighted by molar-refractivity contribution is 7.11. The van der Waals surface area contributed by atoms with Crippen molar-refractivity contribution < 1.29 is 17.6 Å². The Morgan fingerprint density at radius 3 is 2.64 bits per heavy atom. The molecule has 0 aliphatic rings. The van der Waals surface area contributed by atoms with Gasteiger partial charge in [-0.25, -0.2) is 9.37 Å². The Labute approximate surface area is 147 Å². The van der Waals surface area contributed by atoms with Gasteiger partial charge in [0.1, 0.15) is 5.82 Å². The summed E-state index contributed by atoms with van der Waals surface area (Å²) >= 11 is 1.59. The molecule has 4 nitrogen and oxygen atoms in total. The summed E-state index contributed by atoms with van der Waals surface area (Å²) in [5.41, 5.74) is -1.04. The van der Waals surface area contributed by atoms with Crippen LogP contribution in [0.5, 0.6) is 0 Å². The monoisotopic (exact) mass is 374 g/mol. The van der Waals surface area contributed by atoms with Crippen LogP contribution in [-0.2, 0) is 19.1 Å². The number of benzene rings is 1. The molecule has 136 valence electrons. The fourth-order valence-electron chi connectivity index (χ4n) is 2.17. The van der Waals surface area contributed by atoms with E-state index in [1.807, 2.05) is 6.92 Å². The number of alkyl halides is 3. The van der Waals surface area contributed by atoms with E-state index in [-0.39, 0.29) is 12.1 Å². The number of rotatable bonds is 5. The molecule has 1 aromatic carbocycles. The van der Waals surface area contributed by atoms with Gasteiger partial charge < -0.3 is 10.6 Å². The molecule has 0 unspecified atom stereocenters. The van der Waals surface area contributed by atoms with Crippen LogP contribution in [-0.4, -0.2) is 24.5 Å². The highest BCUT2D eigenvalue weighted by Gasteiger charge is 2.33. The summed E-state index contributed by atoms with van der Waals surface area (Å²) in [5, 5.41) is 6.80. The smallest absolute Gasteiger partial charge is 0.356 e. The highest BCUT2D eigenvalue weighted by atomic mass is 32.1. The summed E-state index contributed by atoms with van der Waals surface area (Å²) in [6.07, 6.45) is -2.14. The Morgan fingerprint density at radius 2 is 2.04 bits per heavy atom. The standard InChI is InChI=1S/C16H18F4N4S/c1-10-8-23-14(25-10)5-6-22-15(21-2)24-9-11-3-4-12(17)7-13(11)16(18,19)20/h3-4,7-8H,5-6,9H2,1-2H3,(H2,21,22,24). The van der Waals surface area contributed by atoms with Gasteiger partial charge in [0, 0.05) is 37.6 Å². The number of aliphatic imine (C=N–C) groups is 1. The van der Waals surface area contributed by atoms with Crippen molar-refractivity contribution in [2.24, 2.45) is 4.99 Å². The van der Waals surface area contributed by atoms with Gasteiger partial charge in [0.05, 0.1) is 10.6 Å². The average Bonchev–Trinajstić information content (AvgIpc) is 2.96. The van der Waals surface area contributed by atoms with Gasteiger partial charge in [-0.05, 0) is 24.6 Å². The Hall–Kier alpha value is -2.16. The maximum Gasteiger partial charge on any atom is 0.416 e. The summed E-state index contributed by atoms with van der Waals surface area (Å²) < 4.78 is 52.1. The van der Waals surface area contributed by atoms with E-state index in [1.165, 1.54) is 7.05 Å². The highest BCUT2D eigenvalue weighted by Crippen LogP contribution is 2.32. The van der Waals surface area contributed by atoms with E-state index < -0.39 is 17.6 Å². The van der Waals surface area contributed by atoms with E-state index in [1.54, 1.807) is 17.5 Å². The average molecular weight is 374 g/mol. The fourth-order valence-corrected chi connectivity index (χ4v) is 2.96. The summed E-state index contributed by atoms with van der Waals surface area (Å²) in [7, 11) is 1.53. The summed E-state index contributed by atoms with van der Waals surface area (Å²) in [6, 6.07) is 2.63. The number of hydrogen-bond donors (Lipinski definition) is 2. The lowest BCUT2D eigenvalue weighted by molar-refractivity contribution is -0.138. The molecule has 1 aromatic heterocycles. The van der Waals surface area contributed by atoms with Crippen molar-refractivity contribution in [2.75, 3.05) is 13.6 Å². The van der Waals surface area contributed by atoms with Gasteiger partial charge in [0.2, 0.25) is 0 Å². The molecule has 0 aliphatic heterocycles. The van der Waals surface area contributed by atoms with Gasteiger partial charge in [-0.3, -0.25) is 4.99 Å². The molecule has 0 aliphatic carbocycles. The quantitative estimate of drug-likeness (QED) is 0.478. The normalized spacial score (nSPS) is 12.3. The van der Waals surface area contributed by atoms with Gasteiger partial charge in [-0.2, -0.15) is 13.2 Å². The molecule has 0 radical (unpaired) electrons. The number of nitrogens with one attached hydrogen (secondary N) is 2. The Bertz CT molecular complexity index is 740. The van der Waals surface area contributed by atoms with Gasteiger partial charge in [-0.15, -0.1) is 11.3 Å². The second kappa shape index (κ2) is 8.28. The second-order valence-electron chi connectivity index (χ2n) is 5.27. The van der Waals surface area contributed by atoms with Crippen LogP contribution in [0.15, 0.2) is 29.4 Å². The summed E-state index contributed by atoms with van der Waals surface area (Å²) in [4.78, 5) is 9.33. The number of aromatic nitrogens is 1. The van der Waals surface area contributed by atoms with Crippen LogP contribution in [0.3, 0.4) is 0 Å². The van der Waals surface area contributed by atoms with Crippen molar-refractivity contribution >= 4 is 17.3 Å². The first-order valence-corrected chi connectivity index (χ1v) is 8.32. The molecule has 25 heavy (non-hydrogen) atoms. The van der Waals surface area contributed by atoms with Crippen LogP contribution >= 0.6 is 11.3 Å². The van der Waals surface area contributed by atoms with Crippen LogP contribution in [0.4, 0.5) is 17.6 Å². The van der Waals surface area contributed by atoms with Gasteiger partial charge in [-0.1, -0.05) is 6.07 Å². The van der Waals surface area contributed by atoms with E-state index >= 15 is 0 Å². The van der Waals surface area contributed by atoms with Crippen LogP contribution in [0, 0.1) is 12.7 Å². The zero-order valence-corrected chi connectivity index (χ0v) is 14.6. The lowest BCUT2D eigenvalue weighted by Gasteiger charge is -2.15. The first-order valence-electron chi connectivity index (χ1n) is 7.51. The molecular weight excluding hydrogens is 356 g/mol. The first kappa shape index (κ1) is 19.2. The van der Waals surface area contributed by atoms with Crippen molar-refractivity contribution in [1.29, 1.82) is 0 Å². The van der Waals surface area contributed by atoms with Crippen LogP contribution < -0.4 is 10.6 Å². The topological polar surface area (TPSA) is 49.3 Å². The molecule has 2 N–H and O–H groups in total. The van der Waals surface area contributed by atoms with Crippen LogP contribution in [0.2, 0.25) is 0 Å². The third-order valence-corrected chi connectivity index (χ3v) is 4.32. The molecule has 1 heterocycles. The SMILES string of the molecule is CN=C(NCCc1ncc(C)s1)NCc1ccc(F)cc1C(F)(F)F. The third kappa shape index (κ3) is 5.70. The number of halogens is 4. The van der Waals surface area contributed by atoms with Crippen molar-refractivity contribution in [3.05, 3.63) is 51.2 Å². The van der Waals surface area contributed by atoms with E-state index in [4.69, 9.17) is 0 Å². The summed E-state index contributed by atoms with van der Waals surface area (Å²) in [5.74, 6) is -0.553. The van der Waals surface area contributed by atoms with Crippen LogP contribution in [0.1, 0.15) is 21.0 Å². The molecule has 2 aromatic rings. The number of nitrogens with zero attached hydrogens (tertiary/aromatic N) is 2. The predicted molar refractivity (Wildman–Crippen MR) is 90.2 cm³/mol. The molecular formula is C16H18F4N4S. The maximum atomic E-state index is 13.1. The minimum Gasteiger partial charge on any atom is -0.356 e. The van der Waals surface area contributed by atoms with Crippen molar-refractivity contribution in [1.82, 2.24) is 15.6 Å². The minimum absolute atomic E-state index is 0.0487. The third-order valence-electron chi connectivity index (χ3n) is 3.35. The zero-order chi connectivity index (χ0) is 18.4. The lowest BCUT2D eigenvalue weighted by atomic mass is 10.1. The minimum atomic E-state index is -4.61. The van der Waals surface area contributed by atoms with E-state index in [0.717, 1.165) is 22.0 Å². The van der Waals surface area contributed by atoms with E-state index in [9.17, 15) is 17.6 Å². The van der Waals surface area contributed by atoms with Crippen molar-refractivity contribution in [3.63, 3.8) is 0 Å². The van der Waals surface area contributed by atoms with Crippen LogP contribution in [0.25, 0.3) is 0 Å². The molecule has 0 amide bonds. The van der Waals surface area contributed by atoms with Gasteiger partial charge in [0.15, 0.2) is 5.96 Å². The molecule has 0 saturated carbocycles. The molecule has 0 saturated heterocycles. The van der Waals surface area contributed by atoms with E-state index in [0.29, 0.717) is 25.0 Å². The Morgan fingerprint density at radius 1 is 1.28 bits per heavy atom. The lowest BCUT2D eigenvalue weighted by Crippen LogP contribution is -2.38. The molecule has 9 heteroatoms. The molecule has 0 fully saturated rings. The zero-order valence-electron chi connectivity index (χ0n) is 13.7.